The van der Waals surface area contributed by atoms with Gasteiger partial charge in [-0.25, -0.2) is 0 Å². The lowest BCUT2D eigenvalue weighted by atomic mass is 10.1. The molecule has 0 bridgehead atoms. The van der Waals surface area contributed by atoms with Gasteiger partial charge in [-0.3, -0.25) is 14.8 Å². The summed E-state index contributed by atoms with van der Waals surface area (Å²) >= 11 is 0. The predicted molar refractivity (Wildman–Crippen MR) is 83.2 cm³/mol. The highest BCUT2D eigenvalue weighted by molar-refractivity contribution is 5.13. The van der Waals surface area contributed by atoms with E-state index in [0.717, 1.165) is 26.2 Å². The maximum Gasteiger partial charge on any atom is 0.243 e. The van der Waals surface area contributed by atoms with Crippen molar-refractivity contribution in [3.63, 3.8) is 0 Å². The van der Waals surface area contributed by atoms with E-state index in [9.17, 15) is 0 Å². The Hall–Kier alpha value is -1.79. The molecular formula is C16H23N5O. The van der Waals surface area contributed by atoms with E-state index in [2.05, 4.69) is 44.8 Å². The van der Waals surface area contributed by atoms with Crippen molar-refractivity contribution in [3.8, 4) is 0 Å². The highest BCUT2D eigenvalue weighted by atomic mass is 16.5. The van der Waals surface area contributed by atoms with E-state index in [1.807, 2.05) is 25.4 Å². The van der Waals surface area contributed by atoms with Gasteiger partial charge in [0.1, 0.15) is 0 Å². The van der Waals surface area contributed by atoms with Crippen LogP contribution in [0.4, 0.5) is 0 Å². The summed E-state index contributed by atoms with van der Waals surface area (Å²) in [6.45, 7) is 10.3. The number of hydrogen-bond donors (Lipinski definition) is 0. The number of piperazine rings is 1. The Morgan fingerprint density at radius 2 is 1.77 bits per heavy atom. The second kappa shape index (κ2) is 6.54. The average molecular weight is 301 g/mol. The van der Waals surface area contributed by atoms with Crippen molar-refractivity contribution in [3.05, 3.63) is 41.8 Å². The smallest absolute Gasteiger partial charge is 0.243 e. The van der Waals surface area contributed by atoms with Gasteiger partial charge in [0, 0.05) is 44.6 Å². The number of aryl methyl sites for hydroxylation is 1. The van der Waals surface area contributed by atoms with Gasteiger partial charge >= 0.3 is 0 Å². The quantitative estimate of drug-likeness (QED) is 0.863. The Labute approximate surface area is 131 Å². The Bertz CT molecular complexity index is 592. The average Bonchev–Trinajstić information content (AvgIpc) is 3.01. The van der Waals surface area contributed by atoms with Crippen molar-refractivity contribution >= 4 is 0 Å². The zero-order chi connectivity index (χ0) is 15.5. The topological polar surface area (TPSA) is 58.3 Å². The largest absolute Gasteiger partial charge is 0.338 e. The summed E-state index contributed by atoms with van der Waals surface area (Å²) in [4.78, 5) is 13.5. The van der Waals surface area contributed by atoms with E-state index in [0.29, 0.717) is 17.8 Å². The van der Waals surface area contributed by atoms with Crippen LogP contribution in [0.2, 0.25) is 0 Å². The highest BCUT2D eigenvalue weighted by Gasteiger charge is 2.27. The van der Waals surface area contributed by atoms with Gasteiger partial charge < -0.3 is 4.52 Å². The van der Waals surface area contributed by atoms with Crippen molar-refractivity contribution in [2.45, 2.75) is 32.9 Å². The Kier molecular flexibility index (Phi) is 4.49. The van der Waals surface area contributed by atoms with Crippen molar-refractivity contribution in [1.29, 1.82) is 0 Å². The zero-order valence-electron chi connectivity index (χ0n) is 13.4. The van der Waals surface area contributed by atoms with E-state index < -0.39 is 0 Å². The molecule has 3 heterocycles. The van der Waals surface area contributed by atoms with Crippen LogP contribution in [-0.2, 0) is 0 Å². The minimum atomic E-state index is 0.178. The Morgan fingerprint density at radius 1 is 1.09 bits per heavy atom. The summed E-state index contributed by atoms with van der Waals surface area (Å²) in [7, 11) is 0. The molecule has 0 aliphatic carbocycles. The van der Waals surface area contributed by atoms with Gasteiger partial charge in [-0.1, -0.05) is 11.2 Å². The molecular weight excluding hydrogens is 278 g/mol. The molecule has 0 N–H and O–H groups in total. The molecule has 0 saturated carbocycles. The standard InChI is InChI=1S/C16H23N5O/c1-12(15-5-4-6-17-11-15)20-7-9-21(10-8-20)13(2)16-18-14(3)19-22-16/h4-6,11-13H,7-10H2,1-3H3. The second-order valence-corrected chi connectivity index (χ2v) is 5.89. The van der Waals surface area contributed by atoms with Crippen LogP contribution in [0.25, 0.3) is 0 Å². The number of hydrogen-bond acceptors (Lipinski definition) is 6. The first-order valence-electron chi connectivity index (χ1n) is 7.83. The monoisotopic (exact) mass is 301 g/mol. The van der Waals surface area contributed by atoms with Crippen LogP contribution in [0.3, 0.4) is 0 Å². The SMILES string of the molecule is Cc1noc(C(C)N2CCN(C(C)c3cccnc3)CC2)n1. The molecule has 2 aromatic rings. The number of nitrogens with zero attached hydrogens (tertiary/aromatic N) is 5. The van der Waals surface area contributed by atoms with Crippen LogP contribution < -0.4 is 0 Å². The lowest BCUT2D eigenvalue weighted by Crippen LogP contribution is -2.47. The summed E-state index contributed by atoms with van der Waals surface area (Å²) in [5.74, 6) is 1.41. The highest BCUT2D eigenvalue weighted by Crippen LogP contribution is 2.24. The van der Waals surface area contributed by atoms with E-state index in [1.165, 1.54) is 5.56 Å². The third kappa shape index (κ3) is 3.18. The molecule has 0 spiro atoms. The first-order valence-corrected chi connectivity index (χ1v) is 7.83. The molecule has 1 saturated heterocycles. The van der Waals surface area contributed by atoms with E-state index in [-0.39, 0.29) is 6.04 Å². The normalized spacial score (nSPS) is 20.0. The minimum absolute atomic E-state index is 0.178. The summed E-state index contributed by atoms with van der Waals surface area (Å²) in [5.41, 5.74) is 1.27. The predicted octanol–water partition coefficient (Wildman–Crippen LogP) is 2.21. The van der Waals surface area contributed by atoms with Gasteiger partial charge in [-0.2, -0.15) is 4.98 Å². The molecule has 0 amide bonds. The molecule has 2 atom stereocenters. The van der Waals surface area contributed by atoms with Crippen molar-refractivity contribution in [2.75, 3.05) is 26.2 Å². The van der Waals surface area contributed by atoms with Gasteiger partial charge in [0.15, 0.2) is 5.82 Å². The summed E-state index contributed by atoms with van der Waals surface area (Å²) in [6.07, 6.45) is 3.78. The van der Waals surface area contributed by atoms with Crippen molar-refractivity contribution in [2.24, 2.45) is 0 Å². The first-order chi connectivity index (χ1) is 10.6. The summed E-state index contributed by atoms with van der Waals surface area (Å²) in [6, 6.07) is 4.73. The molecule has 6 nitrogen and oxygen atoms in total. The number of aromatic nitrogens is 3. The molecule has 0 aromatic carbocycles. The first kappa shape index (κ1) is 15.1. The van der Waals surface area contributed by atoms with Crippen LogP contribution in [0.5, 0.6) is 0 Å². The molecule has 22 heavy (non-hydrogen) atoms. The molecule has 1 aliphatic heterocycles. The van der Waals surface area contributed by atoms with E-state index in [1.54, 1.807) is 0 Å². The molecule has 1 aliphatic rings. The molecule has 2 unspecified atom stereocenters. The van der Waals surface area contributed by atoms with Crippen molar-refractivity contribution in [1.82, 2.24) is 24.9 Å². The Morgan fingerprint density at radius 3 is 2.32 bits per heavy atom. The van der Waals surface area contributed by atoms with Gasteiger partial charge in [-0.15, -0.1) is 0 Å². The van der Waals surface area contributed by atoms with Crippen LogP contribution in [0, 0.1) is 6.92 Å². The van der Waals surface area contributed by atoms with Gasteiger partial charge in [-0.05, 0) is 32.4 Å². The molecule has 3 rings (SSSR count). The third-order valence-corrected chi connectivity index (χ3v) is 4.51. The fraction of sp³-hybridized carbons (Fsp3) is 0.562. The molecule has 6 heteroatoms. The maximum atomic E-state index is 5.30. The van der Waals surface area contributed by atoms with Gasteiger partial charge in [0.2, 0.25) is 5.89 Å². The lowest BCUT2D eigenvalue weighted by Gasteiger charge is -2.39. The van der Waals surface area contributed by atoms with Gasteiger partial charge in [0.05, 0.1) is 6.04 Å². The third-order valence-electron chi connectivity index (χ3n) is 4.51. The second-order valence-electron chi connectivity index (χ2n) is 5.89. The fourth-order valence-electron chi connectivity index (χ4n) is 2.98. The number of pyridine rings is 1. The van der Waals surface area contributed by atoms with E-state index in [4.69, 9.17) is 4.52 Å². The Balaban J connectivity index is 1.58. The molecule has 2 aromatic heterocycles. The lowest BCUT2D eigenvalue weighted by molar-refractivity contribution is 0.0677. The fourth-order valence-corrected chi connectivity index (χ4v) is 2.98. The summed E-state index contributed by atoms with van der Waals surface area (Å²) < 4.78 is 5.30. The van der Waals surface area contributed by atoms with Crippen LogP contribution in [0.15, 0.2) is 29.0 Å². The van der Waals surface area contributed by atoms with E-state index >= 15 is 0 Å². The molecule has 1 fully saturated rings. The number of rotatable bonds is 4. The summed E-state index contributed by atoms with van der Waals surface area (Å²) in [5, 5.41) is 3.89. The van der Waals surface area contributed by atoms with Crippen LogP contribution in [-0.4, -0.2) is 51.1 Å². The zero-order valence-corrected chi connectivity index (χ0v) is 13.4. The van der Waals surface area contributed by atoms with Crippen molar-refractivity contribution < 1.29 is 4.52 Å². The maximum absolute atomic E-state index is 5.30. The minimum Gasteiger partial charge on any atom is -0.338 e. The van der Waals surface area contributed by atoms with Gasteiger partial charge in [0.25, 0.3) is 0 Å². The molecule has 0 radical (unpaired) electrons. The molecule has 118 valence electrons. The van der Waals surface area contributed by atoms with Crippen LogP contribution >= 0.6 is 0 Å². The van der Waals surface area contributed by atoms with Crippen LogP contribution in [0.1, 0.15) is 43.2 Å².